The summed E-state index contributed by atoms with van der Waals surface area (Å²) < 4.78 is 0. The molecule has 0 aliphatic carbocycles. The Morgan fingerprint density at radius 3 is 2.28 bits per heavy atom. The van der Waals surface area contributed by atoms with Gasteiger partial charge in [0.15, 0.2) is 0 Å². The van der Waals surface area contributed by atoms with Crippen molar-refractivity contribution in [2.75, 3.05) is 18.4 Å². The predicted molar refractivity (Wildman–Crippen MR) is 104 cm³/mol. The number of rotatable bonds is 4. The van der Waals surface area contributed by atoms with E-state index >= 15 is 0 Å². The number of hydrogen-bond donors (Lipinski definition) is 1. The van der Waals surface area contributed by atoms with E-state index in [0.29, 0.717) is 0 Å². The SMILES string of the molecule is Cc1ccc(CN2CCC(C(=O)Nc3ccc(C)cc3C)CC2)cc1. The van der Waals surface area contributed by atoms with Gasteiger partial charge < -0.3 is 5.32 Å². The summed E-state index contributed by atoms with van der Waals surface area (Å²) >= 11 is 0. The van der Waals surface area contributed by atoms with E-state index in [4.69, 9.17) is 0 Å². The van der Waals surface area contributed by atoms with Crippen LogP contribution in [0.15, 0.2) is 42.5 Å². The van der Waals surface area contributed by atoms with Crippen LogP contribution in [0.1, 0.15) is 35.1 Å². The fourth-order valence-corrected chi connectivity index (χ4v) is 3.49. The largest absolute Gasteiger partial charge is 0.326 e. The monoisotopic (exact) mass is 336 g/mol. The fraction of sp³-hybridized carbons (Fsp3) is 0.409. The Labute approximate surface area is 151 Å². The molecule has 2 aromatic carbocycles. The first kappa shape index (κ1) is 17.7. The number of hydrogen-bond acceptors (Lipinski definition) is 2. The van der Waals surface area contributed by atoms with Crippen molar-refractivity contribution in [3.8, 4) is 0 Å². The number of aryl methyl sites for hydroxylation is 3. The molecule has 1 fully saturated rings. The molecule has 3 nitrogen and oxygen atoms in total. The van der Waals surface area contributed by atoms with Crippen LogP contribution in [0.3, 0.4) is 0 Å². The smallest absolute Gasteiger partial charge is 0.227 e. The first-order chi connectivity index (χ1) is 12.0. The van der Waals surface area contributed by atoms with Gasteiger partial charge in [-0.25, -0.2) is 0 Å². The highest BCUT2D eigenvalue weighted by Gasteiger charge is 2.25. The minimum Gasteiger partial charge on any atom is -0.326 e. The van der Waals surface area contributed by atoms with Crippen molar-refractivity contribution in [3.05, 3.63) is 64.7 Å². The summed E-state index contributed by atoms with van der Waals surface area (Å²) in [7, 11) is 0. The lowest BCUT2D eigenvalue weighted by atomic mass is 9.95. The topological polar surface area (TPSA) is 32.3 Å². The fourth-order valence-electron chi connectivity index (χ4n) is 3.49. The molecule has 0 radical (unpaired) electrons. The molecule has 0 unspecified atom stereocenters. The summed E-state index contributed by atoms with van der Waals surface area (Å²) in [5.74, 6) is 0.289. The molecule has 1 heterocycles. The number of nitrogens with zero attached hydrogens (tertiary/aromatic N) is 1. The zero-order chi connectivity index (χ0) is 17.8. The van der Waals surface area contributed by atoms with Crippen molar-refractivity contribution in [2.45, 2.75) is 40.2 Å². The van der Waals surface area contributed by atoms with Crippen molar-refractivity contribution >= 4 is 11.6 Å². The van der Waals surface area contributed by atoms with Crippen molar-refractivity contribution < 1.29 is 4.79 Å². The van der Waals surface area contributed by atoms with Crippen LogP contribution < -0.4 is 5.32 Å². The molecule has 3 rings (SSSR count). The van der Waals surface area contributed by atoms with Crippen LogP contribution in [0.25, 0.3) is 0 Å². The Hall–Kier alpha value is -2.13. The van der Waals surface area contributed by atoms with E-state index in [1.807, 2.05) is 19.1 Å². The summed E-state index contributed by atoms with van der Waals surface area (Å²) in [5.41, 5.74) is 5.94. The van der Waals surface area contributed by atoms with Crippen molar-refractivity contribution in [2.24, 2.45) is 5.92 Å². The molecule has 1 N–H and O–H groups in total. The molecule has 1 aliphatic rings. The number of carbonyl (C=O) groups is 1. The number of nitrogens with one attached hydrogen (secondary N) is 1. The van der Waals surface area contributed by atoms with Gasteiger partial charge in [0.05, 0.1) is 0 Å². The molecule has 0 spiro atoms. The van der Waals surface area contributed by atoms with Gasteiger partial charge in [0.2, 0.25) is 5.91 Å². The summed E-state index contributed by atoms with van der Waals surface area (Å²) in [6, 6.07) is 14.9. The molecule has 132 valence electrons. The van der Waals surface area contributed by atoms with Crippen molar-refractivity contribution in [1.29, 1.82) is 0 Å². The molecule has 25 heavy (non-hydrogen) atoms. The van der Waals surface area contributed by atoms with Crippen molar-refractivity contribution in [3.63, 3.8) is 0 Å². The first-order valence-corrected chi connectivity index (χ1v) is 9.17. The average molecular weight is 336 g/mol. The quantitative estimate of drug-likeness (QED) is 0.894. The van der Waals surface area contributed by atoms with Gasteiger partial charge in [-0.15, -0.1) is 0 Å². The van der Waals surface area contributed by atoms with Gasteiger partial charge in [0.1, 0.15) is 0 Å². The van der Waals surface area contributed by atoms with E-state index in [1.165, 1.54) is 16.7 Å². The number of piperidine rings is 1. The number of amides is 1. The lowest BCUT2D eigenvalue weighted by Gasteiger charge is -2.31. The van der Waals surface area contributed by atoms with Crippen molar-refractivity contribution in [1.82, 2.24) is 4.90 Å². The number of carbonyl (C=O) groups excluding carboxylic acids is 1. The zero-order valence-corrected chi connectivity index (χ0v) is 15.5. The van der Waals surface area contributed by atoms with Crippen LogP contribution in [0.2, 0.25) is 0 Å². The number of likely N-dealkylation sites (tertiary alicyclic amines) is 1. The molecule has 0 bridgehead atoms. The van der Waals surface area contributed by atoms with E-state index in [0.717, 1.165) is 43.7 Å². The lowest BCUT2D eigenvalue weighted by Crippen LogP contribution is -2.37. The molecule has 0 atom stereocenters. The van der Waals surface area contributed by atoms with E-state index in [1.54, 1.807) is 0 Å². The van der Waals surface area contributed by atoms with Gasteiger partial charge in [0, 0.05) is 18.2 Å². The Balaban J connectivity index is 1.51. The Morgan fingerprint density at radius 2 is 1.64 bits per heavy atom. The van der Waals surface area contributed by atoms with Gasteiger partial charge in [-0.3, -0.25) is 9.69 Å². The minimum absolute atomic E-state index is 0.120. The van der Waals surface area contributed by atoms with Crippen LogP contribution in [0.4, 0.5) is 5.69 Å². The minimum atomic E-state index is 0.120. The van der Waals surface area contributed by atoms with Gasteiger partial charge >= 0.3 is 0 Å². The maximum atomic E-state index is 12.6. The molecule has 0 saturated carbocycles. The molecular weight excluding hydrogens is 308 g/mol. The first-order valence-electron chi connectivity index (χ1n) is 9.17. The standard InChI is InChI=1S/C22H28N2O/c1-16-4-7-19(8-5-16)15-24-12-10-20(11-13-24)22(25)23-21-9-6-17(2)14-18(21)3/h4-9,14,20H,10-13,15H2,1-3H3,(H,23,25). The summed E-state index contributed by atoms with van der Waals surface area (Å²) in [5, 5.41) is 3.12. The normalized spacial score (nSPS) is 16.0. The third kappa shape index (κ3) is 4.70. The highest BCUT2D eigenvalue weighted by Crippen LogP contribution is 2.23. The van der Waals surface area contributed by atoms with E-state index in [2.05, 4.69) is 54.4 Å². The van der Waals surface area contributed by atoms with E-state index in [-0.39, 0.29) is 11.8 Å². The second-order valence-corrected chi connectivity index (χ2v) is 7.34. The number of benzene rings is 2. The third-order valence-corrected chi connectivity index (χ3v) is 5.12. The molecule has 1 saturated heterocycles. The van der Waals surface area contributed by atoms with Crippen LogP contribution in [0.5, 0.6) is 0 Å². The summed E-state index contributed by atoms with van der Waals surface area (Å²) in [4.78, 5) is 15.0. The van der Waals surface area contributed by atoms with Gasteiger partial charge in [-0.1, -0.05) is 47.5 Å². The Bertz CT molecular complexity index is 728. The highest BCUT2D eigenvalue weighted by molar-refractivity contribution is 5.93. The zero-order valence-electron chi connectivity index (χ0n) is 15.5. The molecular formula is C22H28N2O. The summed E-state index contributed by atoms with van der Waals surface area (Å²) in [6.07, 6.45) is 1.87. The van der Waals surface area contributed by atoms with Crippen LogP contribution in [-0.4, -0.2) is 23.9 Å². The van der Waals surface area contributed by atoms with Gasteiger partial charge in [0.25, 0.3) is 0 Å². The van der Waals surface area contributed by atoms with Crippen LogP contribution >= 0.6 is 0 Å². The third-order valence-electron chi connectivity index (χ3n) is 5.12. The maximum absolute atomic E-state index is 12.6. The average Bonchev–Trinajstić information content (AvgIpc) is 2.60. The van der Waals surface area contributed by atoms with Crippen LogP contribution in [-0.2, 0) is 11.3 Å². The summed E-state index contributed by atoms with van der Waals surface area (Å²) in [6.45, 7) is 9.18. The van der Waals surface area contributed by atoms with Gasteiger partial charge in [-0.2, -0.15) is 0 Å². The maximum Gasteiger partial charge on any atom is 0.227 e. The molecule has 1 amide bonds. The van der Waals surface area contributed by atoms with Crippen LogP contribution in [0, 0.1) is 26.7 Å². The van der Waals surface area contributed by atoms with E-state index in [9.17, 15) is 4.79 Å². The Morgan fingerprint density at radius 1 is 1.00 bits per heavy atom. The lowest BCUT2D eigenvalue weighted by molar-refractivity contribution is -0.121. The molecule has 0 aromatic heterocycles. The second-order valence-electron chi connectivity index (χ2n) is 7.34. The molecule has 1 aliphatic heterocycles. The predicted octanol–water partition coefficient (Wildman–Crippen LogP) is 4.46. The molecule has 3 heteroatoms. The number of anilines is 1. The molecule has 2 aromatic rings. The van der Waals surface area contributed by atoms with E-state index < -0.39 is 0 Å². The second kappa shape index (κ2) is 7.83. The highest BCUT2D eigenvalue weighted by atomic mass is 16.1. The van der Waals surface area contributed by atoms with Gasteiger partial charge in [-0.05, 0) is 63.9 Å². The Kier molecular flexibility index (Phi) is 5.54.